The Morgan fingerprint density at radius 2 is 1.75 bits per heavy atom. The Morgan fingerprint density at radius 3 is 2.33 bits per heavy atom. The minimum atomic E-state index is -0.891. The fraction of sp³-hybridized carbons (Fsp3) is 0.593. The molecular weight excluding hydrogens is 459 g/mol. The SMILES string of the molecule is CC(C)(N)C(=O)N1CCN(c2ccn(-c3ccc(CN(CCF)C4CCCCC4)cc3)c(=O)n2)CC1. The summed E-state index contributed by atoms with van der Waals surface area (Å²) in [7, 11) is 0. The average molecular weight is 499 g/mol. The molecule has 1 aromatic heterocycles. The predicted molar refractivity (Wildman–Crippen MR) is 140 cm³/mol. The van der Waals surface area contributed by atoms with Gasteiger partial charge in [0.05, 0.1) is 11.2 Å². The van der Waals surface area contributed by atoms with Crippen molar-refractivity contribution < 1.29 is 9.18 Å². The highest BCUT2D eigenvalue weighted by Crippen LogP contribution is 2.24. The molecule has 8 nitrogen and oxygen atoms in total. The average Bonchev–Trinajstić information content (AvgIpc) is 2.88. The molecule has 0 unspecified atom stereocenters. The van der Waals surface area contributed by atoms with Crippen molar-refractivity contribution in [2.75, 3.05) is 44.3 Å². The first-order valence-corrected chi connectivity index (χ1v) is 13.1. The zero-order valence-electron chi connectivity index (χ0n) is 21.5. The first-order valence-electron chi connectivity index (χ1n) is 13.1. The van der Waals surface area contributed by atoms with Gasteiger partial charge < -0.3 is 15.5 Å². The van der Waals surface area contributed by atoms with E-state index in [0.29, 0.717) is 44.6 Å². The van der Waals surface area contributed by atoms with Crippen LogP contribution in [0.1, 0.15) is 51.5 Å². The number of benzene rings is 1. The van der Waals surface area contributed by atoms with Crippen LogP contribution in [0.4, 0.5) is 10.2 Å². The normalized spacial score (nSPS) is 17.6. The number of halogens is 1. The number of piperazine rings is 1. The van der Waals surface area contributed by atoms with Crippen molar-refractivity contribution in [1.82, 2.24) is 19.4 Å². The van der Waals surface area contributed by atoms with Crippen LogP contribution < -0.4 is 16.3 Å². The van der Waals surface area contributed by atoms with E-state index in [0.717, 1.165) is 30.6 Å². The lowest BCUT2D eigenvalue weighted by Gasteiger charge is -2.37. The van der Waals surface area contributed by atoms with E-state index in [9.17, 15) is 14.0 Å². The van der Waals surface area contributed by atoms with Gasteiger partial charge in [0.2, 0.25) is 5.91 Å². The molecule has 1 amide bonds. The summed E-state index contributed by atoms with van der Waals surface area (Å²) in [5.74, 6) is 0.543. The number of alkyl halides is 1. The molecule has 1 aliphatic heterocycles. The lowest BCUT2D eigenvalue weighted by molar-refractivity contribution is -0.136. The molecule has 1 aliphatic carbocycles. The molecular formula is C27H39FN6O2. The lowest BCUT2D eigenvalue weighted by atomic mass is 9.94. The van der Waals surface area contributed by atoms with Gasteiger partial charge in [0.1, 0.15) is 12.5 Å². The zero-order chi connectivity index (χ0) is 25.7. The predicted octanol–water partition coefficient (Wildman–Crippen LogP) is 2.72. The maximum atomic E-state index is 13.2. The second-order valence-electron chi connectivity index (χ2n) is 10.6. The molecule has 2 fully saturated rings. The van der Waals surface area contributed by atoms with Crippen LogP contribution in [0.5, 0.6) is 0 Å². The fourth-order valence-electron chi connectivity index (χ4n) is 5.25. The molecule has 0 atom stereocenters. The van der Waals surface area contributed by atoms with Gasteiger partial charge >= 0.3 is 5.69 Å². The number of carbonyl (C=O) groups excluding carboxylic acids is 1. The van der Waals surface area contributed by atoms with Gasteiger partial charge in [0.15, 0.2) is 0 Å². The van der Waals surface area contributed by atoms with Gasteiger partial charge in [-0.25, -0.2) is 9.18 Å². The monoisotopic (exact) mass is 498 g/mol. The minimum Gasteiger partial charge on any atom is -0.353 e. The van der Waals surface area contributed by atoms with Gasteiger partial charge in [-0.15, -0.1) is 0 Å². The number of anilines is 1. The van der Waals surface area contributed by atoms with Crippen molar-refractivity contribution in [3.63, 3.8) is 0 Å². The van der Waals surface area contributed by atoms with Gasteiger partial charge in [0.25, 0.3) is 0 Å². The third kappa shape index (κ3) is 6.31. The Hall–Kier alpha value is -2.78. The highest BCUT2D eigenvalue weighted by atomic mass is 19.1. The zero-order valence-corrected chi connectivity index (χ0v) is 21.5. The first kappa shape index (κ1) is 26.3. The number of nitrogens with two attached hydrogens (primary N) is 1. The van der Waals surface area contributed by atoms with Gasteiger partial charge in [-0.2, -0.15) is 4.98 Å². The third-order valence-electron chi connectivity index (χ3n) is 7.29. The molecule has 1 saturated heterocycles. The molecule has 2 N–H and O–H groups in total. The van der Waals surface area contributed by atoms with Crippen LogP contribution in [0.3, 0.4) is 0 Å². The van der Waals surface area contributed by atoms with Crippen LogP contribution in [-0.2, 0) is 11.3 Å². The Bertz CT molecular complexity index is 1070. The van der Waals surface area contributed by atoms with Gasteiger partial charge in [-0.3, -0.25) is 14.3 Å². The molecule has 1 saturated carbocycles. The minimum absolute atomic E-state index is 0.0690. The highest BCUT2D eigenvalue weighted by Gasteiger charge is 2.30. The summed E-state index contributed by atoms with van der Waals surface area (Å²) < 4.78 is 14.7. The fourth-order valence-corrected chi connectivity index (χ4v) is 5.25. The van der Waals surface area contributed by atoms with E-state index in [1.54, 1.807) is 24.9 Å². The molecule has 196 valence electrons. The molecule has 1 aromatic carbocycles. The van der Waals surface area contributed by atoms with Crippen LogP contribution in [0, 0.1) is 0 Å². The molecule has 0 spiro atoms. The van der Waals surface area contributed by atoms with Crippen LogP contribution in [0.25, 0.3) is 5.69 Å². The van der Waals surface area contributed by atoms with E-state index in [2.05, 4.69) is 9.88 Å². The molecule has 0 radical (unpaired) electrons. The van der Waals surface area contributed by atoms with E-state index >= 15 is 0 Å². The highest BCUT2D eigenvalue weighted by molar-refractivity contribution is 5.85. The number of rotatable bonds is 8. The first-order chi connectivity index (χ1) is 17.3. The summed E-state index contributed by atoms with van der Waals surface area (Å²) in [4.78, 5) is 35.6. The number of carbonyl (C=O) groups is 1. The van der Waals surface area contributed by atoms with Crippen molar-refractivity contribution >= 4 is 11.7 Å². The Balaban J connectivity index is 1.39. The molecule has 2 aromatic rings. The van der Waals surface area contributed by atoms with Crippen molar-refractivity contribution in [1.29, 1.82) is 0 Å². The number of hydrogen-bond acceptors (Lipinski definition) is 6. The number of hydrogen-bond donors (Lipinski definition) is 1. The summed E-state index contributed by atoms with van der Waals surface area (Å²) in [6.07, 6.45) is 7.75. The van der Waals surface area contributed by atoms with E-state index in [1.807, 2.05) is 35.2 Å². The van der Waals surface area contributed by atoms with Crippen molar-refractivity contribution in [3.8, 4) is 5.69 Å². The van der Waals surface area contributed by atoms with Crippen molar-refractivity contribution in [3.05, 3.63) is 52.6 Å². The van der Waals surface area contributed by atoms with Gasteiger partial charge in [-0.05, 0) is 50.5 Å². The van der Waals surface area contributed by atoms with E-state index < -0.39 is 5.54 Å². The molecule has 0 bridgehead atoms. The molecule has 4 rings (SSSR count). The van der Waals surface area contributed by atoms with Crippen LogP contribution in [-0.4, -0.2) is 76.2 Å². The molecule has 9 heteroatoms. The largest absolute Gasteiger partial charge is 0.354 e. The second kappa shape index (κ2) is 11.5. The lowest BCUT2D eigenvalue weighted by Crippen LogP contribution is -2.57. The Morgan fingerprint density at radius 1 is 1.08 bits per heavy atom. The number of aromatic nitrogens is 2. The van der Waals surface area contributed by atoms with E-state index in [1.165, 1.54) is 23.8 Å². The summed E-state index contributed by atoms with van der Waals surface area (Å²) >= 11 is 0. The maximum absolute atomic E-state index is 13.2. The van der Waals surface area contributed by atoms with Crippen LogP contribution in [0.15, 0.2) is 41.3 Å². The summed E-state index contributed by atoms with van der Waals surface area (Å²) in [5, 5.41) is 0. The standard InChI is InChI=1S/C27H39FN6O2/c1-27(2,29)25(35)32-18-16-31(17-19-32)24-12-14-34(26(36)30-24)23-10-8-21(9-11-23)20-33(15-13-28)22-6-4-3-5-7-22/h8-12,14,22H,3-7,13,15-20,29H2,1-2H3. The van der Waals surface area contributed by atoms with Gasteiger partial charge in [-0.1, -0.05) is 31.4 Å². The quantitative estimate of drug-likeness (QED) is 0.602. The summed E-state index contributed by atoms with van der Waals surface area (Å²) in [5.41, 5.74) is 6.58. The third-order valence-corrected chi connectivity index (χ3v) is 7.29. The van der Waals surface area contributed by atoms with Gasteiger partial charge in [0, 0.05) is 51.5 Å². The van der Waals surface area contributed by atoms with Crippen LogP contribution in [0.2, 0.25) is 0 Å². The summed E-state index contributed by atoms with van der Waals surface area (Å²) in [6.45, 7) is 6.57. The van der Waals surface area contributed by atoms with E-state index in [-0.39, 0.29) is 18.3 Å². The second-order valence-corrected chi connectivity index (χ2v) is 10.6. The molecule has 36 heavy (non-hydrogen) atoms. The van der Waals surface area contributed by atoms with Crippen LogP contribution >= 0.6 is 0 Å². The van der Waals surface area contributed by atoms with Crippen molar-refractivity contribution in [2.24, 2.45) is 5.73 Å². The Kier molecular flexibility index (Phi) is 8.41. The van der Waals surface area contributed by atoms with E-state index in [4.69, 9.17) is 5.73 Å². The topological polar surface area (TPSA) is 87.7 Å². The smallest absolute Gasteiger partial charge is 0.353 e. The summed E-state index contributed by atoms with van der Waals surface area (Å²) in [6, 6.07) is 10.2. The molecule has 2 heterocycles. The van der Waals surface area contributed by atoms with Crippen molar-refractivity contribution in [2.45, 2.75) is 64.1 Å². The number of amides is 1. The number of nitrogens with zero attached hydrogens (tertiary/aromatic N) is 5. The maximum Gasteiger partial charge on any atom is 0.354 e. The molecule has 2 aliphatic rings. The Labute approximate surface area is 212 Å².